The summed E-state index contributed by atoms with van der Waals surface area (Å²) in [6.45, 7) is 3.88. The second kappa shape index (κ2) is 7.41. The number of nitrogen functional groups attached to an aromatic ring is 1. The number of hydrogen-bond acceptors (Lipinski definition) is 6. The summed E-state index contributed by atoms with van der Waals surface area (Å²) in [5, 5.41) is 11.5. The van der Waals surface area contributed by atoms with Gasteiger partial charge in [0.15, 0.2) is 5.58 Å². The van der Waals surface area contributed by atoms with Gasteiger partial charge in [-0.15, -0.1) is 11.3 Å². The lowest BCUT2D eigenvalue weighted by molar-refractivity contribution is -0.941. The molecule has 3 heterocycles. The minimum Gasteiger partial charge on any atom is -0.507 e. The number of phenols is 1. The third-order valence-electron chi connectivity index (χ3n) is 6.16. The van der Waals surface area contributed by atoms with Crippen LogP contribution in [0.5, 0.6) is 5.75 Å². The molecule has 2 aromatic carbocycles. The van der Waals surface area contributed by atoms with Gasteiger partial charge in [0.25, 0.3) is 0 Å². The van der Waals surface area contributed by atoms with Gasteiger partial charge in [0.1, 0.15) is 22.9 Å². The van der Waals surface area contributed by atoms with Crippen molar-refractivity contribution in [2.45, 2.75) is 38.8 Å². The summed E-state index contributed by atoms with van der Waals surface area (Å²) in [7, 11) is 0. The Bertz CT molecular complexity index is 1280. The Morgan fingerprint density at radius 3 is 2.90 bits per heavy atom. The number of rotatable bonds is 3. The Balaban J connectivity index is 1.66. The fraction of sp³-hybridized carbons (Fsp3) is 0.304. The molecule has 1 aliphatic heterocycles. The van der Waals surface area contributed by atoms with Crippen molar-refractivity contribution < 1.29 is 14.4 Å². The number of para-hydroxylation sites is 1. The van der Waals surface area contributed by atoms with Crippen molar-refractivity contribution in [1.29, 1.82) is 0 Å². The van der Waals surface area contributed by atoms with E-state index in [4.69, 9.17) is 10.2 Å². The average Bonchev–Trinajstić information content (AvgIpc) is 3.15. The maximum absolute atomic E-state index is 13.4. The van der Waals surface area contributed by atoms with E-state index in [1.165, 1.54) is 29.1 Å². The van der Waals surface area contributed by atoms with Crippen LogP contribution in [0.2, 0.25) is 0 Å². The maximum Gasteiger partial charge on any atom is 0.205 e. The molecule has 1 saturated heterocycles. The monoisotopic (exact) mass is 422 g/mol. The van der Waals surface area contributed by atoms with E-state index < -0.39 is 0 Å². The summed E-state index contributed by atoms with van der Waals surface area (Å²) in [6, 6.07) is 11.4. The van der Waals surface area contributed by atoms with E-state index in [1.807, 2.05) is 24.3 Å². The number of nitrogens with zero attached hydrogens (tertiary/aromatic N) is 1. The molecule has 1 aliphatic rings. The van der Waals surface area contributed by atoms with Gasteiger partial charge in [-0.3, -0.25) is 4.79 Å². The fourth-order valence-corrected chi connectivity index (χ4v) is 5.43. The highest BCUT2D eigenvalue weighted by molar-refractivity contribution is 7.21. The van der Waals surface area contributed by atoms with Gasteiger partial charge in [0.2, 0.25) is 11.3 Å². The molecule has 0 aliphatic carbocycles. The first-order valence-corrected chi connectivity index (χ1v) is 11.1. The summed E-state index contributed by atoms with van der Waals surface area (Å²) in [4.78, 5) is 19.4. The second-order valence-electron chi connectivity index (χ2n) is 8.08. The predicted molar refractivity (Wildman–Crippen MR) is 120 cm³/mol. The largest absolute Gasteiger partial charge is 0.507 e. The number of piperidine rings is 1. The lowest BCUT2D eigenvalue weighted by atomic mass is 10.0. The summed E-state index contributed by atoms with van der Waals surface area (Å²) < 4.78 is 6.97. The molecule has 0 spiro atoms. The molecule has 6 nitrogen and oxygen atoms in total. The molecule has 4 aromatic rings. The van der Waals surface area contributed by atoms with E-state index in [0.717, 1.165) is 23.2 Å². The van der Waals surface area contributed by atoms with Gasteiger partial charge < -0.3 is 20.2 Å². The molecule has 2 atom stereocenters. The summed E-state index contributed by atoms with van der Waals surface area (Å²) in [5.41, 5.74) is 8.17. The van der Waals surface area contributed by atoms with E-state index >= 15 is 0 Å². The zero-order valence-corrected chi connectivity index (χ0v) is 17.6. The molecular weight excluding hydrogens is 398 g/mol. The normalized spacial score (nSPS) is 19.5. The van der Waals surface area contributed by atoms with Gasteiger partial charge in [-0.25, -0.2) is 4.98 Å². The number of thiazole rings is 1. The molecule has 7 heteroatoms. The van der Waals surface area contributed by atoms with E-state index in [0.29, 0.717) is 39.7 Å². The van der Waals surface area contributed by atoms with E-state index in [2.05, 4.69) is 11.9 Å². The van der Waals surface area contributed by atoms with Crippen molar-refractivity contribution in [1.82, 2.24) is 4.98 Å². The van der Waals surface area contributed by atoms with Crippen LogP contribution in [0.15, 0.2) is 45.6 Å². The van der Waals surface area contributed by atoms with Gasteiger partial charge >= 0.3 is 0 Å². The first kappa shape index (κ1) is 19.1. The number of aromatic hydroxyl groups is 1. The Kier molecular flexibility index (Phi) is 4.72. The number of anilines is 1. The van der Waals surface area contributed by atoms with Gasteiger partial charge in [-0.05, 0) is 50.5 Å². The van der Waals surface area contributed by atoms with Crippen LogP contribution >= 0.6 is 11.3 Å². The molecule has 2 aromatic heterocycles. The number of likely N-dealkylation sites (tertiary alicyclic amines) is 1. The van der Waals surface area contributed by atoms with Crippen molar-refractivity contribution in [3.63, 3.8) is 0 Å². The Morgan fingerprint density at radius 1 is 1.27 bits per heavy atom. The fourth-order valence-electron chi connectivity index (χ4n) is 4.42. The summed E-state index contributed by atoms with van der Waals surface area (Å²) in [6.07, 6.45) is 3.56. The maximum atomic E-state index is 13.4. The molecule has 5 rings (SSSR count). The predicted octanol–water partition coefficient (Wildman–Crippen LogP) is 3.31. The van der Waals surface area contributed by atoms with E-state index in [1.54, 1.807) is 12.1 Å². The highest BCUT2D eigenvalue weighted by atomic mass is 32.1. The Morgan fingerprint density at radius 2 is 2.10 bits per heavy atom. The van der Waals surface area contributed by atoms with Crippen LogP contribution in [0.3, 0.4) is 0 Å². The minimum absolute atomic E-state index is 0.0418. The highest BCUT2D eigenvalue weighted by Crippen LogP contribution is 2.35. The molecule has 30 heavy (non-hydrogen) atoms. The van der Waals surface area contributed by atoms with Crippen LogP contribution in [0.25, 0.3) is 31.8 Å². The van der Waals surface area contributed by atoms with Crippen molar-refractivity contribution in [2.24, 2.45) is 0 Å². The van der Waals surface area contributed by atoms with Crippen molar-refractivity contribution >= 4 is 38.4 Å². The first-order chi connectivity index (χ1) is 14.5. The van der Waals surface area contributed by atoms with Crippen molar-refractivity contribution in [3.05, 3.63) is 52.2 Å². The van der Waals surface area contributed by atoms with Gasteiger partial charge in [-0.1, -0.05) is 12.1 Å². The molecule has 0 radical (unpaired) electrons. The SMILES string of the molecule is C[C@@H]1CCCC[NH+]1Cc1c(O)ccc2c(=O)c(-c3nc4ccccc4s3)c(N)oc12. The molecule has 154 valence electrons. The number of phenolic OH excluding ortho intramolecular Hbond substituents is 1. The molecule has 0 bridgehead atoms. The van der Waals surface area contributed by atoms with E-state index in [9.17, 15) is 9.90 Å². The van der Waals surface area contributed by atoms with Crippen molar-refractivity contribution in [2.75, 3.05) is 12.3 Å². The molecule has 0 saturated carbocycles. The zero-order valence-electron chi connectivity index (χ0n) is 16.8. The number of fused-ring (bicyclic) bond motifs is 2. The third kappa shape index (κ3) is 3.14. The van der Waals surface area contributed by atoms with Crippen LogP contribution in [0.1, 0.15) is 31.7 Å². The van der Waals surface area contributed by atoms with Crippen molar-refractivity contribution in [3.8, 4) is 16.3 Å². The third-order valence-corrected chi connectivity index (χ3v) is 7.21. The van der Waals surface area contributed by atoms with E-state index in [-0.39, 0.29) is 17.1 Å². The van der Waals surface area contributed by atoms with Crippen LogP contribution < -0.4 is 16.1 Å². The zero-order chi connectivity index (χ0) is 20.8. The number of hydrogen-bond donors (Lipinski definition) is 3. The molecule has 4 N–H and O–H groups in total. The van der Waals surface area contributed by atoms with Gasteiger partial charge in [0.05, 0.1) is 33.8 Å². The summed E-state index contributed by atoms with van der Waals surface area (Å²) in [5.74, 6) is 0.183. The lowest BCUT2D eigenvalue weighted by Gasteiger charge is -2.30. The van der Waals surface area contributed by atoms with Crippen LogP contribution in [-0.2, 0) is 6.54 Å². The van der Waals surface area contributed by atoms with Gasteiger partial charge in [0, 0.05) is 0 Å². The summed E-state index contributed by atoms with van der Waals surface area (Å²) >= 11 is 1.42. The molecule has 1 fully saturated rings. The molecule has 0 amide bonds. The second-order valence-corrected chi connectivity index (χ2v) is 9.11. The standard InChI is InChI=1S/C23H23N3O3S/c1-13-6-4-5-11-26(13)12-15-17(27)10-9-14-20(28)19(22(24)29-21(14)15)23-25-16-7-2-3-8-18(16)30-23/h2-3,7-10,13,27H,4-6,11-12,24H2,1H3/p+1/t13-/m1/s1. The van der Waals surface area contributed by atoms with Crippen LogP contribution in [-0.4, -0.2) is 22.7 Å². The van der Waals surface area contributed by atoms with Crippen LogP contribution in [0, 0.1) is 0 Å². The van der Waals surface area contributed by atoms with Crippen LogP contribution in [0.4, 0.5) is 5.88 Å². The first-order valence-electron chi connectivity index (χ1n) is 10.3. The Hall–Kier alpha value is -2.90. The number of nitrogens with two attached hydrogens (primary N) is 1. The number of aromatic nitrogens is 1. The van der Waals surface area contributed by atoms with Gasteiger partial charge in [-0.2, -0.15) is 0 Å². The lowest BCUT2D eigenvalue weighted by Crippen LogP contribution is -3.14. The average molecular weight is 423 g/mol. The smallest absolute Gasteiger partial charge is 0.205 e. The quantitative estimate of drug-likeness (QED) is 0.471. The minimum atomic E-state index is -0.212. The number of benzene rings is 2. The molecule has 1 unspecified atom stereocenters. The molecular formula is C23H24N3O3S+. The Labute approximate surface area is 177 Å². The topological polar surface area (TPSA) is 93.8 Å². The number of quaternary nitrogens is 1. The highest BCUT2D eigenvalue weighted by Gasteiger charge is 2.26. The number of nitrogens with one attached hydrogen (secondary N) is 1.